The van der Waals surface area contributed by atoms with Crippen molar-refractivity contribution >= 4 is 40.3 Å². The maximum atomic E-state index is 11.9. The monoisotopic (exact) mass is 277 g/mol. The Bertz CT molecular complexity index is 552. The lowest BCUT2D eigenvalue weighted by Gasteiger charge is -2.07. The Morgan fingerprint density at radius 1 is 1.22 bits per heavy atom. The standard InChI is InChI=1S/C14H15NOS2/c1-8-5-11(6-9(2)10(8)3)7-12-13(16)15(4)14(17)18-12/h5-7H,1-4H3/b12-7-. The maximum absolute atomic E-state index is 11.9. The number of likely N-dealkylation sites (N-methyl/N-ethyl adjacent to an activating group) is 1. The molecule has 1 aromatic carbocycles. The summed E-state index contributed by atoms with van der Waals surface area (Å²) in [6, 6.07) is 4.20. The lowest BCUT2D eigenvalue weighted by Crippen LogP contribution is -2.22. The van der Waals surface area contributed by atoms with Gasteiger partial charge >= 0.3 is 0 Å². The molecule has 0 atom stereocenters. The van der Waals surface area contributed by atoms with Crippen LogP contribution < -0.4 is 0 Å². The van der Waals surface area contributed by atoms with Crippen molar-refractivity contribution < 1.29 is 4.79 Å². The number of benzene rings is 1. The van der Waals surface area contributed by atoms with Gasteiger partial charge in [-0.05, 0) is 49.1 Å². The summed E-state index contributed by atoms with van der Waals surface area (Å²) in [6.07, 6.45) is 1.92. The second kappa shape index (κ2) is 4.86. The lowest BCUT2D eigenvalue weighted by atomic mass is 10.0. The zero-order valence-electron chi connectivity index (χ0n) is 10.9. The molecular formula is C14H15NOS2. The van der Waals surface area contributed by atoms with Crippen LogP contribution in [0.2, 0.25) is 0 Å². The summed E-state index contributed by atoms with van der Waals surface area (Å²) in [4.78, 5) is 14.1. The van der Waals surface area contributed by atoms with Crippen LogP contribution in [0.5, 0.6) is 0 Å². The van der Waals surface area contributed by atoms with Gasteiger partial charge in [-0.15, -0.1) is 0 Å². The Hall–Kier alpha value is -1.13. The summed E-state index contributed by atoms with van der Waals surface area (Å²) in [5, 5.41) is 0. The predicted octanol–water partition coefficient (Wildman–Crippen LogP) is 3.44. The third-order valence-corrected chi connectivity index (χ3v) is 4.72. The lowest BCUT2D eigenvalue weighted by molar-refractivity contribution is -0.121. The van der Waals surface area contributed by atoms with E-state index in [4.69, 9.17) is 12.2 Å². The molecule has 4 heteroatoms. The van der Waals surface area contributed by atoms with Gasteiger partial charge in [0.25, 0.3) is 5.91 Å². The van der Waals surface area contributed by atoms with Gasteiger partial charge in [0, 0.05) is 7.05 Å². The van der Waals surface area contributed by atoms with Crippen LogP contribution in [0.1, 0.15) is 22.3 Å². The van der Waals surface area contributed by atoms with E-state index in [1.165, 1.54) is 33.4 Å². The highest BCUT2D eigenvalue weighted by atomic mass is 32.2. The second-order valence-corrected chi connectivity index (χ2v) is 6.20. The molecule has 1 heterocycles. The van der Waals surface area contributed by atoms with Crippen LogP contribution in [-0.2, 0) is 4.79 Å². The van der Waals surface area contributed by atoms with Gasteiger partial charge < -0.3 is 0 Å². The summed E-state index contributed by atoms with van der Waals surface area (Å²) in [5.74, 6) is -0.0131. The van der Waals surface area contributed by atoms with Crippen molar-refractivity contribution in [2.24, 2.45) is 0 Å². The van der Waals surface area contributed by atoms with E-state index in [2.05, 4.69) is 32.9 Å². The van der Waals surface area contributed by atoms with Gasteiger partial charge in [0.1, 0.15) is 4.32 Å². The van der Waals surface area contributed by atoms with E-state index < -0.39 is 0 Å². The van der Waals surface area contributed by atoms with E-state index in [9.17, 15) is 4.79 Å². The molecular weight excluding hydrogens is 262 g/mol. The Balaban J connectivity index is 2.40. The maximum Gasteiger partial charge on any atom is 0.265 e. The molecule has 0 bridgehead atoms. The molecule has 0 unspecified atom stereocenters. The number of rotatable bonds is 1. The van der Waals surface area contributed by atoms with Crippen LogP contribution in [0.15, 0.2) is 17.0 Å². The average Bonchev–Trinajstić information content (AvgIpc) is 2.54. The molecule has 0 saturated carbocycles. The first kappa shape index (κ1) is 13.3. The Kier molecular flexibility index (Phi) is 3.59. The largest absolute Gasteiger partial charge is 0.296 e. The third-order valence-electron chi connectivity index (χ3n) is 3.23. The average molecular weight is 277 g/mol. The van der Waals surface area contributed by atoms with Crippen molar-refractivity contribution in [3.8, 4) is 0 Å². The third kappa shape index (κ3) is 2.35. The minimum Gasteiger partial charge on any atom is -0.296 e. The summed E-state index contributed by atoms with van der Waals surface area (Å²) in [6.45, 7) is 6.29. The van der Waals surface area contributed by atoms with Crippen LogP contribution in [0, 0.1) is 20.8 Å². The number of aryl methyl sites for hydroxylation is 2. The normalized spacial score (nSPS) is 18.0. The van der Waals surface area contributed by atoms with Gasteiger partial charge in [-0.1, -0.05) is 36.1 Å². The number of thiocarbonyl (C=S) groups is 1. The van der Waals surface area contributed by atoms with Gasteiger partial charge in [-0.2, -0.15) is 0 Å². The van der Waals surface area contributed by atoms with Crippen LogP contribution in [-0.4, -0.2) is 22.2 Å². The van der Waals surface area contributed by atoms with Crippen molar-refractivity contribution in [2.45, 2.75) is 20.8 Å². The Morgan fingerprint density at radius 2 is 1.78 bits per heavy atom. The fourth-order valence-corrected chi connectivity index (χ4v) is 3.03. The molecule has 0 N–H and O–H groups in total. The van der Waals surface area contributed by atoms with E-state index in [1.54, 1.807) is 7.05 Å². The number of thioether (sulfide) groups is 1. The number of hydrogen-bond donors (Lipinski definition) is 0. The highest BCUT2D eigenvalue weighted by Crippen LogP contribution is 2.31. The summed E-state index contributed by atoms with van der Waals surface area (Å²) in [7, 11) is 1.71. The number of carbonyl (C=O) groups excluding carboxylic acids is 1. The van der Waals surface area contributed by atoms with Crippen LogP contribution in [0.4, 0.5) is 0 Å². The number of amides is 1. The highest BCUT2D eigenvalue weighted by Gasteiger charge is 2.28. The van der Waals surface area contributed by atoms with Crippen LogP contribution >= 0.6 is 24.0 Å². The summed E-state index contributed by atoms with van der Waals surface area (Å²) in [5.41, 5.74) is 4.85. The van der Waals surface area contributed by atoms with Crippen LogP contribution in [0.3, 0.4) is 0 Å². The first-order valence-corrected chi connectivity index (χ1v) is 6.92. The van der Waals surface area contributed by atoms with E-state index in [0.29, 0.717) is 9.23 Å². The molecule has 1 saturated heterocycles. The molecule has 0 spiro atoms. The number of carbonyl (C=O) groups is 1. The van der Waals surface area contributed by atoms with Crippen molar-refractivity contribution in [1.29, 1.82) is 0 Å². The van der Waals surface area contributed by atoms with Crippen molar-refractivity contribution in [3.63, 3.8) is 0 Å². The SMILES string of the molecule is Cc1cc(/C=C2\SC(=S)N(C)C2=O)cc(C)c1C. The molecule has 1 aliphatic rings. The minimum absolute atomic E-state index is 0.0131. The zero-order valence-corrected chi connectivity index (χ0v) is 12.5. The number of nitrogens with zero attached hydrogens (tertiary/aromatic N) is 1. The fourth-order valence-electron chi connectivity index (χ4n) is 1.85. The minimum atomic E-state index is -0.0131. The second-order valence-electron chi connectivity index (χ2n) is 4.52. The van der Waals surface area contributed by atoms with E-state index >= 15 is 0 Å². The molecule has 1 amide bonds. The van der Waals surface area contributed by atoms with Gasteiger partial charge in [-0.3, -0.25) is 9.69 Å². The first-order chi connectivity index (χ1) is 8.40. The molecule has 2 rings (SSSR count). The van der Waals surface area contributed by atoms with E-state index in [-0.39, 0.29) is 5.91 Å². The summed E-state index contributed by atoms with van der Waals surface area (Å²) >= 11 is 6.47. The van der Waals surface area contributed by atoms with Crippen molar-refractivity contribution in [3.05, 3.63) is 39.3 Å². The van der Waals surface area contributed by atoms with E-state index in [1.807, 2.05) is 6.08 Å². The molecule has 0 aromatic heterocycles. The Labute approximate surface area is 117 Å². The smallest absolute Gasteiger partial charge is 0.265 e. The molecule has 0 aliphatic carbocycles. The molecule has 94 valence electrons. The molecule has 2 nitrogen and oxygen atoms in total. The first-order valence-electron chi connectivity index (χ1n) is 5.69. The zero-order chi connectivity index (χ0) is 13.4. The highest BCUT2D eigenvalue weighted by molar-refractivity contribution is 8.26. The van der Waals surface area contributed by atoms with Gasteiger partial charge in [-0.25, -0.2) is 0 Å². The molecule has 18 heavy (non-hydrogen) atoms. The quantitative estimate of drug-likeness (QED) is 0.579. The van der Waals surface area contributed by atoms with Crippen molar-refractivity contribution in [1.82, 2.24) is 4.90 Å². The van der Waals surface area contributed by atoms with Crippen LogP contribution in [0.25, 0.3) is 6.08 Å². The molecule has 0 radical (unpaired) electrons. The van der Waals surface area contributed by atoms with Gasteiger partial charge in [0.15, 0.2) is 0 Å². The van der Waals surface area contributed by atoms with Gasteiger partial charge in [0.05, 0.1) is 4.91 Å². The molecule has 1 aromatic rings. The van der Waals surface area contributed by atoms with Crippen molar-refractivity contribution in [2.75, 3.05) is 7.05 Å². The van der Waals surface area contributed by atoms with Gasteiger partial charge in [0.2, 0.25) is 0 Å². The predicted molar refractivity (Wildman–Crippen MR) is 81.6 cm³/mol. The van der Waals surface area contributed by atoms with E-state index in [0.717, 1.165) is 5.56 Å². The summed E-state index contributed by atoms with van der Waals surface area (Å²) < 4.78 is 0.617. The topological polar surface area (TPSA) is 20.3 Å². The molecule has 1 aliphatic heterocycles. The molecule has 1 fully saturated rings. The number of hydrogen-bond acceptors (Lipinski definition) is 3. The Morgan fingerprint density at radius 3 is 2.22 bits per heavy atom. The fraction of sp³-hybridized carbons (Fsp3) is 0.286.